The fourth-order valence-corrected chi connectivity index (χ4v) is 1.28. The van der Waals surface area contributed by atoms with Gasteiger partial charge in [0.2, 0.25) is 0 Å². The smallest absolute Gasteiger partial charge is 0.178 e. The molecule has 2 rings (SSSR count). The van der Waals surface area contributed by atoms with Crippen LogP contribution in [0.1, 0.15) is 0 Å². The standard InChI is InChI=1S/C13H12N2O/c1-15-8-6-11(7-9-15)10-14-12-2-4-13(16)5-3-12/h2-10H,1H3. The van der Waals surface area contributed by atoms with Crippen molar-refractivity contribution in [2.24, 2.45) is 4.99 Å². The number of rotatable bonds is 1. The maximum atomic E-state index is 10.9. The Morgan fingerprint density at radius 2 is 1.69 bits per heavy atom. The number of ketones is 1. The van der Waals surface area contributed by atoms with Crippen molar-refractivity contribution in [3.8, 4) is 0 Å². The summed E-state index contributed by atoms with van der Waals surface area (Å²) in [5, 5.41) is 0. The summed E-state index contributed by atoms with van der Waals surface area (Å²) in [6.07, 6.45) is 16.1. The van der Waals surface area contributed by atoms with E-state index in [1.807, 2.05) is 36.5 Å². The fraction of sp³-hybridized carbons (Fsp3) is 0.0769. The zero-order valence-corrected chi connectivity index (χ0v) is 9.00. The first-order valence-corrected chi connectivity index (χ1v) is 5.00. The molecule has 0 spiro atoms. The molecule has 3 heteroatoms. The van der Waals surface area contributed by atoms with Gasteiger partial charge in [0.1, 0.15) is 0 Å². The Kier molecular flexibility index (Phi) is 2.96. The fourth-order valence-electron chi connectivity index (χ4n) is 1.28. The van der Waals surface area contributed by atoms with Crippen LogP contribution in [0.15, 0.2) is 65.6 Å². The normalized spacial score (nSPS) is 18.3. The van der Waals surface area contributed by atoms with E-state index < -0.39 is 0 Å². The van der Waals surface area contributed by atoms with Crippen molar-refractivity contribution in [1.82, 2.24) is 4.90 Å². The molecular weight excluding hydrogens is 200 g/mol. The van der Waals surface area contributed by atoms with Gasteiger partial charge in [0, 0.05) is 25.6 Å². The predicted molar refractivity (Wildman–Crippen MR) is 64.8 cm³/mol. The van der Waals surface area contributed by atoms with Crippen molar-refractivity contribution in [2.45, 2.75) is 0 Å². The zero-order chi connectivity index (χ0) is 11.4. The van der Waals surface area contributed by atoms with Crippen LogP contribution in [0.4, 0.5) is 0 Å². The molecule has 0 aromatic rings. The van der Waals surface area contributed by atoms with Crippen molar-refractivity contribution in [3.05, 3.63) is 60.6 Å². The summed E-state index contributed by atoms with van der Waals surface area (Å²) in [6.45, 7) is 0. The topological polar surface area (TPSA) is 32.7 Å². The van der Waals surface area contributed by atoms with Crippen LogP contribution in [0, 0.1) is 0 Å². The minimum Gasteiger partial charge on any atom is -0.357 e. The molecular formula is C13H12N2O. The molecule has 1 aliphatic heterocycles. The van der Waals surface area contributed by atoms with Gasteiger partial charge in [0.25, 0.3) is 0 Å². The molecule has 0 saturated heterocycles. The molecule has 0 unspecified atom stereocenters. The van der Waals surface area contributed by atoms with Gasteiger partial charge < -0.3 is 4.90 Å². The first kappa shape index (κ1) is 10.4. The number of allylic oxidation sites excluding steroid dienone is 7. The van der Waals surface area contributed by atoms with Crippen LogP contribution < -0.4 is 0 Å². The van der Waals surface area contributed by atoms with Gasteiger partial charge in [-0.15, -0.1) is 0 Å². The van der Waals surface area contributed by atoms with E-state index in [9.17, 15) is 4.79 Å². The van der Waals surface area contributed by atoms with Gasteiger partial charge in [-0.25, -0.2) is 0 Å². The van der Waals surface area contributed by atoms with Crippen LogP contribution in [-0.4, -0.2) is 23.4 Å². The molecule has 0 amide bonds. The van der Waals surface area contributed by atoms with E-state index in [1.165, 1.54) is 12.2 Å². The lowest BCUT2D eigenvalue weighted by atomic mass is 10.1. The Hall–Kier alpha value is -2.16. The number of aliphatic imine (C=N–C) groups is 1. The molecule has 2 aliphatic rings. The van der Waals surface area contributed by atoms with Crippen molar-refractivity contribution < 1.29 is 4.79 Å². The summed E-state index contributed by atoms with van der Waals surface area (Å²) in [6, 6.07) is 0. The van der Waals surface area contributed by atoms with E-state index in [2.05, 4.69) is 4.99 Å². The molecule has 0 fully saturated rings. The number of nitrogens with zero attached hydrogens (tertiary/aromatic N) is 2. The lowest BCUT2D eigenvalue weighted by Gasteiger charge is -2.11. The second-order valence-corrected chi connectivity index (χ2v) is 3.55. The zero-order valence-electron chi connectivity index (χ0n) is 9.00. The highest BCUT2D eigenvalue weighted by Gasteiger charge is 1.98. The molecule has 1 aliphatic carbocycles. The lowest BCUT2D eigenvalue weighted by Crippen LogP contribution is -2.03. The summed E-state index contributed by atoms with van der Waals surface area (Å²) < 4.78 is 0. The van der Waals surface area contributed by atoms with Gasteiger partial charge in [-0.1, -0.05) is 0 Å². The summed E-state index contributed by atoms with van der Waals surface area (Å²) >= 11 is 0. The Morgan fingerprint density at radius 1 is 1.06 bits per heavy atom. The Bertz CT molecular complexity index is 442. The van der Waals surface area contributed by atoms with Crippen LogP contribution in [0.2, 0.25) is 0 Å². The van der Waals surface area contributed by atoms with E-state index in [4.69, 9.17) is 0 Å². The minimum absolute atomic E-state index is 0.00526. The lowest BCUT2D eigenvalue weighted by molar-refractivity contribution is -0.110. The van der Waals surface area contributed by atoms with Gasteiger partial charge in [-0.05, 0) is 42.0 Å². The van der Waals surface area contributed by atoms with E-state index in [0.29, 0.717) is 0 Å². The highest BCUT2D eigenvalue weighted by molar-refractivity contribution is 6.16. The molecule has 0 bridgehead atoms. The highest BCUT2D eigenvalue weighted by Crippen LogP contribution is 2.08. The number of carbonyl (C=O) groups is 1. The molecule has 0 aromatic heterocycles. The van der Waals surface area contributed by atoms with Gasteiger partial charge in [-0.3, -0.25) is 9.79 Å². The van der Waals surface area contributed by atoms with E-state index in [1.54, 1.807) is 18.4 Å². The maximum absolute atomic E-state index is 10.9. The maximum Gasteiger partial charge on any atom is 0.178 e. The highest BCUT2D eigenvalue weighted by atomic mass is 16.1. The van der Waals surface area contributed by atoms with Crippen LogP contribution in [-0.2, 0) is 4.79 Å². The molecule has 0 atom stereocenters. The first-order chi connectivity index (χ1) is 7.74. The van der Waals surface area contributed by atoms with E-state index >= 15 is 0 Å². The molecule has 0 radical (unpaired) electrons. The third kappa shape index (κ3) is 2.67. The van der Waals surface area contributed by atoms with Gasteiger partial charge in [0.15, 0.2) is 5.78 Å². The molecule has 1 heterocycles. The Morgan fingerprint density at radius 3 is 2.31 bits per heavy atom. The molecule has 0 aromatic carbocycles. The van der Waals surface area contributed by atoms with Crippen LogP contribution >= 0.6 is 0 Å². The Balaban J connectivity index is 2.09. The van der Waals surface area contributed by atoms with Crippen molar-refractivity contribution in [2.75, 3.05) is 7.05 Å². The average molecular weight is 212 g/mol. The molecule has 3 nitrogen and oxygen atoms in total. The summed E-state index contributed by atoms with van der Waals surface area (Å²) in [4.78, 5) is 17.1. The minimum atomic E-state index is 0.00526. The number of carbonyl (C=O) groups excluding carboxylic acids is 1. The van der Waals surface area contributed by atoms with Crippen LogP contribution in [0.25, 0.3) is 0 Å². The van der Waals surface area contributed by atoms with Crippen LogP contribution in [0.5, 0.6) is 0 Å². The largest absolute Gasteiger partial charge is 0.357 e. The predicted octanol–water partition coefficient (Wildman–Crippen LogP) is 1.98. The quantitative estimate of drug-likeness (QED) is 0.622. The average Bonchev–Trinajstić information content (AvgIpc) is 2.30. The van der Waals surface area contributed by atoms with Gasteiger partial charge >= 0.3 is 0 Å². The molecule has 0 N–H and O–H groups in total. The third-order valence-electron chi connectivity index (χ3n) is 2.20. The second kappa shape index (κ2) is 4.57. The third-order valence-corrected chi connectivity index (χ3v) is 2.20. The molecule has 80 valence electrons. The van der Waals surface area contributed by atoms with E-state index in [-0.39, 0.29) is 5.78 Å². The first-order valence-electron chi connectivity index (χ1n) is 5.00. The molecule has 0 saturated carbocycles. The van der Waals surface area contributed by atoms with E-state index in [0.717, 1.165) is 11.3 Å². The van der Waals surface area contributed by atoms with Crippen LogP contribution in [0.3, 0.4) is 0 Å². The summed E-state index contributed by atoms with van der Waals surface area (Å²) in [7, 11) is 1.97. The summed E-state index contributed by atoms with van der Waals surface area (Å²) in [5.74, 6) is 0.00526. The van der Waals surface area contributed by atoms with Crippen molar-refractivity contribution >= 4 is 11.5 Å². The second-order valence-electron chi connectivity index (χ2n) is 3.55. The molecule has 16 heavy (non-hydrogen) atoms. The van der Waals surface area contributed by atoms with Gasteiger partial charge in [0.05, 0.1) is 5.71 Å². The summed E-state index contributed by atoms with van der Waals surface area (Å²) in [5.41, 5.74) is 1.82. The van der Waals surface area contributed by atoms with Crippen molar-refractivity contribution in [1.29, 1.82) is 0 Å². The number of hydrogen-bond donors (Lipinski definition) is 0. The number of hydrogen-bond acceptors (Lipinski definition) is 3. The SMILES string of the molecule is CN1C=CC(=CN=C2C=CC(=O)C=C2)C=C1. The van der Waals surface area contributed by atoms with Gasteiger partial charge in [-0.2, -0.15) is 0 Å². The monoisotopic (exact) mass is 212 g/mol. The Labute approximate surface area is 94.5 Å². The van der Waals surface area contributed by atoms with Crippen molar-refractivity contribution in [3.63, 3.8) is 0 Å².